The summed E-state index contributed by atoms with van der Waals surface area (Å²) in [6, 6.07) is 10.0. The van der Waals surface area contributed by atoms with Crippen LogP contribution in [0.1, 0.15) is 26.3 Å². The summed E-state index contributed by atoms with van der Waals surface area (Å²) in [6.45, 7) is 6.50. The van der Waals surface area contributed by atoms with Crippen LogP contribution in [-0.4, -0.2) is 12.6 Å². The van der Waals surface area contributed by atoms with Crippen molar-refractivity contribution >= 4 is 5.97 Å². The van der Waals surface area contributed by atoms with E-state index in [-0.39, 0.29) is 11.9 Å². The van der Waals surface area contributed by atoms with E-state index in [0.29, 0.717) is 12.5 Å². The molecule has 0 aliphatic carbocycles. The molecule has 0 fully saturated rings. The van der Waals surface area contributed by atoms with Gasteiger partial charge in [0.25, 0.3) is 0 Å². The second-order valence-electron chi connectivity index (χ2n) is 4.61. The van der Waals surface area contributed by atoms with Gasteiger partial charge in [0.05, 0.1) is 12.5 Å². The number of carbonyl (C=O) groups is 1. The second-order valence-corrected chi connectivity index (χ2v) is 4.61. The van der Waals surface area contributed by atoms with E-state index in [1.807, 2.05) is 51.1 Å². The van der Waals surface area contributed by atoms with Crippen LogP contribution in [0.3, 0.4) is 0 Å². The molecule has 0 spiro atoms. The summed E-state index contributed by atoms with van der Waals surface area (Å²) in [5.74, 6) is 0.228. The molecular formula is C14H20O2. The smallest absolute Gasteiger partial charge is 0.308 e. The first kappa shape index (κ1) is 12.8. The molecule has 0 radical (unpaired) electrons. The van der Waals surface area contributed by atoms with Gasteiger partial charge < -0.3 is 4.74 Å². The third-order valence-electron chi connectivity index (χ3n) is 2.35. The Hall–Kier alpha value is -1.31. The van der Waals surface area contributed by atoms with Gasteiger partial charge >= 0.3 is 5.97 Å². The van der Waals surface area contributed by atoms with Gasteiger partial charge in [-0.25, -0.2) is 0 Å². The summed E-state index contributed by atoms with van der Waals surface area (Å²) in [7, 11) is 0. The van der Waals surface area contributed by atoms with Crippen molar-refractivity contribution in [2.75, 3.05) is 6.61 Å². The van der Waals surface area contributed by atoms with Gasteiger partial charge in [-0.05, 0) is 17.9 Å². The van der Waals surface area contributed by atoms with Crippen molar-refractivity contribution in [1.29, 1.82) is 0 Å². The Bertz CT molecular complexity index is 317. The third-order valence-corrected chi connectivity index (χ3v) is 2.35. The molecule has 0 saturated carbocycles. The van der Waals surface area contributed by atoms with Crippen LogP contribution >= 0.6 is 0 Å². The van der Waals surface area contributed by atoms with Gasteiger partial charge in [-0.3, -0.25) is 4.79 Å². The summed E-state index contributed by atoms with van der Waals surface area (Å²) >= 11 is 0. The van der Waals surface area contributed by atoms with Gasteiger partial charge in [0, 0.05) is 0 Å². The number of benzene rings is 1. The minimum atomic E-state index is -0.0995. The molecule has 88 valence electrons. The lowest BCUT2D eigenvalue weighted by molar-refractivity contribution is -0.149. The highest BCUT2D eigenvalue weighted by Gasteiger charge is 2.15. The Morgan fingerprint density at radius 3 is 2.38 bits per heavy atom. The fourth-order valence-electron chi connectivity index (χ4n) is 1.44. The Morgan fingerprint density at radius 1 is 1.19 bits per heavy atom. The molecule has 0 N–H and O–H groups in total. The predicted molar refractivity (Wildman–Crippen MR) is 65.1 cm³/mol. The van der Waals surface area contributed by atoms with E-state index in [1.165, 1.54) is 5.56 Å². The summed E-state index contributed by atoms with van der Waals surface area (Å²) in [4.78, 5) is 11.6. The molecule has 1 unspecified atom stereocenters. The van der Waals surface area contributed by atoms with Crippen LogP contribution in [0.15, 0.2) is 30.3 Å². The van der Waals surface area contributed by atoms with Crippen LogP contribution in [0.25, 0.3) is 0 Å². The highest BCUT2D eigenvalue weighted by Crippen LogP contribution is 2.10. The molecule has 0 aliphatic rings. The minimum Gasteiger partial charge on any atom is -0.465 e. The van der Waals surface area contributed by atoms with Crippen LogP contribution in [0.5, 0.6) is 0 Å². The van der Waals surface area contributed by atoms with Crippen molar-refractivity contribution in [3.8, 4) is 0 Å². The van der Waals surface area contributed by atoms with Crippen LogP contribution < -0.4 is 0 Å². The molecule has 16 heavy (non-hydrogen) atoms. The molecule has 0 bridgehead atoms. The van der Waals surface area contributed by atoms with E-state index in [1.54, 1.807) is 0 Å². The average molecular weight is 220 g/mol. The molecule has 0 aromatic heterocycles. The van der Waals surface area contributed by atoms with E-state index in [2.05, 4.69) is 0 Å². The molecule has 1 aromatic carbocycles. The maximum atomic E-state index is 11.6. The Balaban J connectivity index is 2.40. The van der Waals surface area contributed by atoms with Crippen LogP contribution in [-0.2, 0) is 16.0 Å². The van der Waals surface area contributed by atoms with Crippen molar-refractivity contribution in [2.24, 2.45) is 11.8 Å². The van der Waals surface area contributed by atoms with E-state index in [4.69, 9.17) is 4.74 Å². The first-order valence-corrected chi connectivity index (χ1v) is 5.80. The standard InChI is InChI=1S/C14H20O2/c1-11(2)10-16-14(15)12(3)9-13-7-5-4-6-8-13/h4-8,11-12H,9-10H2,1-3H3. The molecule has 1 atom stereocenters. The second kappa shape index (κ2) is 6.31. The van der Waals surface area contributed by atoms with E-state index >= 15 is 0 Å². The van der Waals surface area contributed by atoms with Crippen molar-refractivity contribution in [3.63, 3.8) is 0 Å². The van der Waals surface area contributed by atoms with E-state index < -0.39 is 0 Å². The monoisotopic (exact) mass is 220 g/mol. The van der Waals surface area contributed by atoms with Gasteiger partial charge in [0.15, 0.2) is 0 Å². The van der Waals surface area contributed by atoms with Gasteiger partial charge in [-0.2, -0.15) is 0 Å². The topological polar surface area (TPSA) is 26.3 Å². The van der Waals surface area contributed by atoms with Crippen LogP contribution in [0.4, 0.5) is 0 Å². The summed E-state index contributed by atoms with van der Waals surface area (Å²) in [5, 5.41) is 0. The fourth-order valence-corrected chi connectivity index (χ4v) is 1.44. The maximum absolute atomic E-state index is 11.6. The first-order valence-electron chi connectivity index (χ1n) is 5.80. The van der Waals surface area contributed by atoms with Crippen LogP contribution in [0.2, 0.25) is 0 Å². The largest absolute Gasteiger partial charge is 0.465 e. The minimum absolute atomic E-state index is 0.0684. The molecule has 1 rings (SSSR count). The number of rotatable bonds is 5. The van der Waals surface area contributed by atoms with Crippen molar-refractivity contribution in [1.82, 2.24) is 0 Å². The predicted octanol–water partition coefficient (Wildman–Crippen LogP) is 3.06. The lowest BCUT2D eigenvalue weighted by atomic mass is 10.0. The molecule has 0 aliphatic heterocycles. The molecule has 0 heterocycles. The Labute approximate surface area is 97.6 Å². The van der Waals surface area contributed by atoms with Gasteiger partial charge in [-0.1, -0.05) is 51.1 Å². The van der Waals surface area contributed by atoms with Crippen molar-refractivity contribution in [2.45, 2.75) is 27.2 Å². The zero-order valence-corrected chi connectivity index (χ0v) is 10.3. The SMILES string of the molecule is CC(C)COC(=O)C(C)Cc1ccccc1. The molecule has 0 amide bonds. The Morgan fingerprint density at radius 2 is 1.81 bits per heavy atom. The van der Waals surface area contributed by atoms with Gasteiger partial charge in [-0.15, -0.1) is 0 Å². The zero-order valence-electron chi connectivity index (χ0n) is 10.3. The fraction of sp³-hybridized carbons (Fsp3) is 0.500. The third kappa shape index (κ3) is 4.47. The number of hydrogen-bond acceptors (Lipinski definition) is 2. The lowest BCUT2D eigenvalue weighted by Gasteiger charge is -2.12. The van der Waals surface area contributed by atoms with Crippen molar-refractivity contribution < 1.29 is 9.53 Å². The zero-order chi connectivity index (χ0) is 12.0. The number of hydrogen-bond donors (Lipinski definition) is 0. The number of carbonyl (C=O) groups excluding carboxylic acids is 1. The summed E-state index contributed by atoms with van der Waals surface area (Å²) < 4.78 is 5.20. The molecule has 0 saturated heterocycles. The maximum Gasteiger partial charge on any atom is 0.308 e. The summed E-state index contributed by atoms with van der Waals surface area (Å²) in [5.41, 5.74) is 1.18. The van der Waals surface area contributed by atoms with Gasteiger partial charge in [0.2, 0.25) is 0 Å². The molecular weight excluding hydrogens is 200 g/mol. The van der Waals surface area contributed by atoms with Gasteiger partial charge in [0.1, 0.15) is 0 Å². The van der Waals surface area contributed by atoms with E-state index in [0.717, 1.165) is 6.42 Å². The molecule has 2 nitrogen and oxygen atoms in total. The quantitative estimate of drug-likeness (QED) is 0.713. The lowest BCUT2D eigenvalue weighted by Crippen LogP contribution is -2.19. The highest BCUT2D eigenvalue weighted by atomic mass is 16.5. The van der Waals surface area contributed by atoms with E-state index in [9.17, 15) is 4.79 Å². The normalized spacial score (nSPS) is 12.5. The number of esters is 1. The first-order chi connectivity index (χ1) is 7.59. The summed E-state index contributed by atoms with van der Waals surface area (Å²) in [6.07, 6.45) is 0.748. The molecule has 2 heteroatoms. The Kier molecular flexibility index (Phi) is 5.03. The highest BCUT2D eigenvalue weighted by molar-refractivity contribution is 5.72. The average Bonchev–Trinajstić information content (AvgIpc) is 2.27. The van der Waals surface area contributed by atoms with Crippen LogP contribution in [0, 0.1) is 11.8 Å². The number of ether oxygens (including phenoxy) is 1. The van der Waals surface area contributed by atoms with Crippen molar-refractivity contribution in [3.05, 3.63) is 35.9 Å². The molecule has 1 aromatic rings.